The number of ether oxygens (including phenoxy) is 2. The van der Waals surface area contributed by atoms with E-state index in [0.717, 1.165) is 28.0 Å². The van der Waals surface area contributed by atoms with Gasteiger partial charge in [0, 0.05) is 4.47 Å². The van der Waals surface area contributed by atoms with Gasteiger partial charge in [0.2, 0.25) is 0 Å². The van der Waals surface area contributed by atoms with E-state index >= 15 is 0 Å². The van der Waals surface area contributed by atoms with Crippen LogP contribution in [0.5, 0.6) is 11.5 Å². The Morgan fingerprint density at radius 2 is 1.90 bits per heavy atom. The lowest BCUT2D eigenvalue weighted by Gasteiger charge is -2.18. The number of hydrazine groups is 1. The summed E-state index contributed by atoms with van der Waals surface area (Å²) < 4.78 is 12.0. The van der Waals surface area contributed by atoms with E-state index in [0.29, 0.717) is 6.61 Å². The molecule has 1 atom stereocenters. The Morgan fingerprint density at radius 1 is 1.14 bits per heavy atom. The number of hydrogen-bond acceptors (Lipinski definition) is 4. The number of halogens is 1. The van der Waals surface area contributed by atoms with Gasteiger partial charge >= 0.3 is 0 Å². The number of nitrogens with one attached hydrogen (secondary N) is 1. The SMILES string of the molecule is COc1ccc(Br)c(CC(COc2ccccc2)NN)c1. The van der Waals surface area contributed by atoms with Crippen molar-refractivity contribution in [2.45, 2.75) is 12.5 Å². The van der Waals surface area contributed by atoms with Crippen molar-refractivity contribution in [1.29, 1.82) is 0 Å². The highest BCUT2D eigenvalue weighted by Crippen LogP contribution is 2.23. The van der Waals surface area contributed by atoms with Crippen molar-refractivity contribution in [3.8, 4) is 11.5 Å². The van der Waals surface area contributed by atoms with Gasteiger partial charge < -0.3 is 9.47 Å². The first kappa shape index (κ1) is 15.8. The zero-order chi connectivity index (χ0) is 15.1. The topological polar surface area (TPSA) is 56.5 Å². The van der Waals surface area contributed by atoms with Gasteiger partial charge in [-0.25, -0.2) is 0 Å². The average molecular weight is 351 g/mol. The summed E-state index contributed by atoms with van der Waals surface area (Å²) in [5, 5.41) is 0. The van der Waals surface area contributed by atoms with Gasteiger partial charge in [0.25, 0.3) is 0 Å². The number of rotatable bonds is 7. The molecule has 112 valence electrons. The standard InChI is InChI=1S/C16H19BrN2O2/c1-20-15-7-8-16(17)12(10-15)9-13(19-18)11-21-14-5-3-2-4-6-14/h2-8,10,13,19H,9,11,18H2,1H3. The summed E-state index contributed by atoms with van der Waals surface area (Å²) in [5.41, 5.74) is 3.92. The second kappa shape index (κ2) is 8.02. The van der Waals surface area contributed by atoms with Crippen LogP contribution in [-0.2, 0) is 6.42 Å². The molecule has 2 aromatic carbocycles. The van der Waals surface area contributed by atoms with Crippen LogP contribution >= 0.6 is 15.9 Å². The highest BCUT2D eigenvalue weighted by Gasteiger charge is 2.12. The number of para-hydroxylation sites is 1. The van der Waals surface area contributed by atoms with Crippen molar-refractivity contribution in [2.24, 2.45) is 5.84 Å². The van der Waals surface area contributed by atoms with Gasteiger partial charge in [0.05, 0.1) is 13.2 Å². The number of nitrogens with two attached hydrogens (primary N) is 1. The van der Waals surface area contributed by atoms with Gasteiger partial charge in [-0.2, -0.15) is 0 Å². The first-order valence-electron chi connectivity index (χ1n) is 6.69. The lowest BCUT2D eigenvalue weighted by molar-refractivity contribution is 0.264. The molecule has 0 aliphatic heterocycles. The van der Waals surface area contributed by atoms with Gasteiger partial charge in [0.15, 0.2) is 0 Å². The Morgan fingerprint density at radius 3 is 2.57 bits per heavy atom. The monoisotopic (exact) mass is 350 g/mol. The summed E-state index contributed by atoms with van der Waals surface area (Å²) in [6.45, 7) is 0.490. The van der Waals surface area contributed by atoms with Crippen LogP contribution in [0.25, 0.3) is 0 Å². The highest BCUT2D eigenvalue weighted by atomic mass is 79.9. The maximum atomic E-state index is 5.74. The van der Waals surface area contributed by atoms with Crippen molar-refractivity contribution in [1.82, 2.24) is 5.43 Å². The molecule has 0 aromatic heterocycles. The van der Waals surface area contributed by atoms with Crippen LogP contribution in [0.2, 0.25) is 0 Å². The third kappa shape index (κ3) is 4.74. The maximum Gasteiger partial charge on any atom is 0.119 e. The third-order valence-electron chi connectivity index (χ3n) is 3.15. The fourth-order valence-corrected chi connectivity index (χ4v) is 2.39. The lowest BCUT2D eigenvalue weighted by atomic mass is 10.1. The molecule has 0 aliphatic rings. The summed E-state index contributed by atoms with van der Waals surface area (Å²) in [6.07, 6.45) is 0.737. The van der Waals surface area contributed by atoms with Crippen molar-refractivity contribution < 1.29 is 9.47 Å². The van der Waals surface area contributed by atoms with Gasteiger partial charge in [-0.05, 0) is 42.3 Å². The number of benzene rings is 2. The molecule has 2 aromatic rings. The fourth-order valence-electron chi connectivity index (χ4n) is 1.98. The molecular formula is C16H19BrN2O2. The van der Waals surface area contributed by atoms with Gasteiger partial charge in [0.1, 0.15) is 18.1 Å². The minimum atomic E-state index is 0.00797. The molecular weight excluding hydrogens is 332 g/mol. The number of methoxy groups -OCH3 is 1. The first-order chi connectivity index (χ1) is 10.2. The second-order valence-electron chi connectivity index (χ2n) is 4.65. The van der Waals surface area contributed by atoms with Crippen molar-refractivity contribution >= 4 is 15.9 Å². The Hall–Kier alpha value is -1.56. The molecule has 1 unspecified atom stereocenters. The smallest absolute Gasteiger partial charge is 0.119 e. The molecule has 0 radical (unpaired) electrons. The van der Waals surface area contributed by atoms with E-state index in [-0.39, 0.29) is 6.04 Å². The van der Waals surface area contributed by atoms with Gasteiger partial charge in [-0.1, -0.05) is 34.1 Å². The molecule has 0 heterocycles. The van der Waals surface area contributed by atoms with Gasteiger partial charge in [-0.15, -0.1) is 0 Å². The summed E-state index contributed by atoms with van der Waals surface area (Å²) in [5.74, 6) is 7.29. The zero-order valence-electron chi connectivity index (χ0n) is 11.9. The molecule has 0 amide bonds. The van der Waals surface area contributed by atoms with E-state index in [1.54, 1.807) is 7.11 Å². The van der Waals surface area contributed by atoms with Crippen molar-refractivity contribution in [3.05, 3.63) is 58.6 Å². The molecule has 5 heteroatoms. The predicted octanol–water partition coefficient (Wildman–Crippen LogP) is 2.91. The van der Waals surface area contributed by atoms with Crippen LogP contribution in [0.4, 0.5) is 0 Å². The van der Waals surface area contributed by atoms with E-state index < -0.39 is 0 Å². The average Bonchev–Trinajstić information content (AvgIpc) is 2.54. The molecule has 0 saturated heterocycles. The summed E-state index contributed by atoms with van der Waals surface area (Å²) in [6, 6.07) is 15.6. The Kier molecular flexibility index (Phi) is 6.04. The molecule has 4 nitrogen and oxygen atoms in total. The Labute approximate surface area is 133 Å². The summed E-state index contributed by atoms with van der Waals surface area (Å²) in [7, 11) is 1.66. The van der Waals surface area contributed by atoms with Crippen LogP contribution in [0, 0.1) is 0 Å². The maximum absolute atomic E-state index is 5.74. The lowest BCUT2D eigenvalue weighted by Crippen LogP contribution is -2.41. The minimum absolute atomic E-state index is 0.00797. The summed E-state index contributed by atoms with van der Waals surface area (Å²) in [4.78, 5) is 0. The van der Waals surface area contributed by atoms with Crippen molar-refractivity contribution in [3.63, 3.8) is 0 Å². The Bertz CT molecular complexity index is 563. The van der Waals surface area contributed by atoms with Crippen LogP contribution in [0.15, 0.2) is 53.0 Å². The fraction of sp³-hybridized carbons (Fsp3) is 0.250. The van der Waals surface area contributed by atoms with E-state index in [1.807, 2.05) is 48.5 Å². The number of hydrogen-bond donors (Lipinski definition) is 2. The molecule has 0 spiro atoms. The van der Waals surface area contributed by atoms with E-state index in [2.05, 4.69) is 21.4 Å². The molecule has 3 N–H and O–H groups in total. The zero-order valence-corrected chi connectivity index (χ0v) is 13.5. The van der Waals surface area contributed by atoms with Crippen molar-refractivity contribution in [2.75, 3.05) is 13.7 Å². The quantitative estimate of drug-likeness (QED) is 0.595. The largest absolute Gasteiger partial charge is 0.497 e. The van der Waals surface area contributed by atoms with Crippen LogP contribution in [-0.4, -0.2) is 19.8 Å². The van der Waals surface area contributed by atoms with Gasteiger partial charge in [-0.3, -0.25) is 11.3 Å². The Balaban J connectivity index is 1.99. The molecule has 0 fully saturated rings. The molecule has 0 saturated carbocycles. The van der Waals surface area contributed by atoms with Crippen LogP contribution in [0.3, 0.4) is 0 Å². The van der Waals surface area contributed by atoms with Crippen LogP contribution < -0.4 is 20.7 Å². The second-order valence-corrected chi connectivity index (χ2v) is 5.50. The third-order valence-corrected chi connectivity index (χ3v) is 3.92. The first-order valence-corrected chi connectivity index (χ1v) is 7.48. The molecule has 21 heavy (non-hydrogen) atoms. The molecule has 0 aliphatic carbocycles. The van der Waals surface area contributed by atoms with E-state index in [4.69, 9.17) is 15.3 Å². The summed E-state index contributed by atoms with van der Waals surface area (Å²) >= 11 is 3.55. The molecule has 2 rings (SSSR count). The minimum Gasteiger partial charge on any atom is -0.497 e. The van der Waals surface area contributed by atoms with Crippen LogP contribution in [0.1, 0.15) is 5.56 Å². The highest BCUT2D eigenvalue weighted by molar-refractivity contribution is 9.10. The van der Waals surface area contributed by atoms with E-state index in [9.17, 15) is 0 Å². The predicted molar refractivity (Wildman–Crippen MR) is 87.4 cm³/mol. The molecule has 0 bridgehead atoms. The normalized spacial score (nSPS) is 12.0. The van der Waals surface area contributed by atoms with E-state index in [1.165, 1.54) is 0 Å².